The van der Waals surface area contributed by atoms with Gasteiger partial charge >= 0.3 is 5.97 Å². The van der Waals surface area contributed by atoms with E-state index >= 15 is 0 Å². The van der Waals surface area contributed by atoms with E-state index in [4.69, 9.17) is 37.4 Å². The summed E-state index contributed by atoms with van der Waals surface area (Å²) in [5, 5.41) is 0.147. The number of carbonyl (C=O) groups is 1. The van der Waals surface area contributed by atoms with Crippen LogP contribution in [0.4, 0.5) is 0 Å². The molecule has 0 aliphatic carbocycles. The second-order valence-electron chi connectivity index (χ2n) is 13.1. The van der Waals surface area contributed by atoms with Crippen molar-refractivity contribution in [2.75, 3.05) is 0 Å². The predicted molar refractivity (Wildman–Crippen MR) is 172 cm³/mol. The molecule has 1 unspecified atom stereocenters. The second kappa shape index (κ2) is 20.6. The normalized spacial score (nSPS) is 27.8. The van der Waals surface area contributed by atoms with Crippen molar-refractivity contribution in [3.63, 3.8) is 0 Å². The number of ether oxygens (including phenoxy) is 3. The molecule has 0 amide bonds. The molecule has 3 aliphatic rings. The highest BCUT2D eigenvalue weighted by molar-refractivity contribution is 6.21. The van der Waals surface area contributed by atoms with E-state index in [1.165, 1.54) is 83.5 Å². The molecule has 41 heavy (non-hydrogen) atoms. The molecule has 3 rings (SSSR count). The van der Waals surface area contributed by atoms with Crippen molar-refractivity contribution in [1.29, 1.82) is 0 Å². The number of esters is 1. The lowest BCUT2D eigenvalue weighted by Crippen LogP contribution is -2.29. The molecule has 0 aromatic rings. The summed E-state index contributed by atoms with van der Waals surface area (Å²) in [6.07, 6.45) is 30.9. The van der Waals surface area contributed by atoms with Gasteiger partial charge in [0.15, 0.2) is 0 Å². The molecule has 3 aliphatic heterocycles. The zero-order valence-corrected chi connectivity index (χ0v) is 27.8. The Morgan fingerprint density at radius 3 is 2.00 bits per heavy atom. The Morgan fingerprint density at radius 1 is 0.756 bits per heavy atom. The minimum absolute atomic E-state index is 0.00384. The number of carbonyl (C=O) groups excluding carboxylic acids is 1. The summed E-state index contributed by atoms with van der Waals surface area (Å²) in [6.45, 7) is 4.17. The van der Waals surface area contributed by atoms with Crippen molar-refractivity contribution in [2.45, 2.75) is 203 Å². The minimum Gasteiger partial charge on any atom is -0.455 e. The van der Waals surface area contributed by atoms with E-state index in [2.05, 4.69) is 6.92 Å². The van der Waals surface area contributed by atoms with Crippen molar-refractivity contribution in [3.8, 4) is 0 Å². The fourth-order valence-electron chi connectivity index (χ4n) is 6.85. The maximum absolute atomic E-state index is 11.8. The second-order valence-corrected chi connectivity index (χ2v) is 14.3. The third-order valence-electron chi connectivity index (χ3n) is 9.35. The van der Waals surface area contributed by atoms with Gasteiger partial charge in [-0.3, -0.25) is 0 Å². The number of unbranched alkanes of at least 4 members (excludes halogenated alkanes) is 13. The van der Waals surface area contributed by atoms with Gasteiger partial charge in [-0.2, -0.15) is 0 Å². The quantitative estimate of drug-likeness (QED) is 0.0652. The van der Waals surface area contributed by atoms with Crippen molar-refractivity contribution >= 4 is 29.2 Å². The molecule has 0 spiro atoms. The van der Waals surface area contributed by atoms with E-state index in [-0.39, 0.29) is 41.1 Å². The first-order valence-electron chi connectivity index (χ1n) is 17.5. The fourth-order valence-corrected chi connectivity index (χ4v) is 7.51. The summed E-state index contributed by atoms with van der Waals surface area (Å²) in [5.41, 5.74) is 0.740. The maximum Gasteiger partial charge on any atom is 0.334 e. The fraction of sp³-hybridized carbons (Fsp3) is 0.914. The van der Waals surface area contributed by atoms with Crippen LogP contribution in [0.2, 0.25) is 0 Å². The molecule has 0 aromatic heterocycles. The van der Waals surface area contributed by atoms with Gasteiger partial charge in [-0.1, -0.05) is 103 Å². The molecule has 238 valence electrons. The lowest BCUT2D eigenvalue weighted by atomic mass is 10.0. The van der Waals surface area contributed by atoms with E-state index < -0.39 is 0 Å². The van der Waals surface area contributed by atoms with E-state index in [1.807, 2.05) is 13.0 Å². The standard InChI is InChI=1S/C35H60Cl2O4/c1-3-4-5-6-7-8-9-10-11-12-13-17-20-31(37)32-23-24-34(41-32)33-22-21-30(40-33)19-16-14-15-18-29(36)26-28-25-27(2)39-35(28)38/h25,27,29-34H,3-24,26H2,1-2H3/t27-,29-,30+,31?,32-,33-,34+/m0/s1. The smallest absolute Gasteiger partial charge is 0.334 e. The zero-order valence-electron chi connectivity index (χ0n) is 26.3. The predicted octanol–water partition coefficient (Wildman–Crippen LogP) is 10.6. The summed E-state index contributed by atoms with van der Waals surface area (Å²) in [7, 11) is 0. The lowest BCUT2D eigenvalue weighted by molar-refractivity contribution is -0.139. The summed E-state index contributed by atoms with van der Waals surface area (Å²) < 4.78 is 18.0. The highest BCUT2D eigenvalue weighted by atomic mass is 35.5. The van der Waals surface area contributed by atoms with Crippen LogP contribution < -0.4 is 0 Å². The monoisotopic (exact) mass is 614 g/mol. The SMILES string of the molecule is CCCCCCCCCCCCCCC(Cl)[C@@H]1CC[C@H]([C@@H]2CC[C@@H](CCCCC[C@H](Cl)CC3=C[C@H](C)OC3=O)O2)O1. The van der Waals surface area contributed by atoms with E-state index in [0.29, 0.717) is 12.5 Å². The number of cyclic esters (lactones) is 1. The van der Waals surface area contributed by atoms with E-state index in [0.717, 1.165) is 63.4 Å². The van der Waals surface area contributed by atoms with Gasteiger partial charge in [0, 0.05) is 11.0 Å². The number of hydrogen-bond donors (Lipinski definition) is 0. The van der Waals surface area contributed by atoms with Gasteiger partial charge in [-0.05, 0) is 64.4 Å². The van der Waals surface area contributed by atoms with Crippen molar-refractivity contribution in [3.05, 3.63) is 11.6 Å². The van der Waals surface area contributed by atoms with Crippen molar-refractivity contribution in [2.24, 2.45) is 0 Å². The van der Waals surface area contributed by atoms with Gasteiger partial charge in [0.25, 0.3) is 0 Å². The minimum atomic E-state index is -0.199. The Kier molecular flexibility index (Phi) is 17.7. The van der Waals surface area contributed by atoms with Crippen LogP contribution >= 0.6 is 23.2 Å². The van der Waals surface area contributed by atoms with Crippen LogP contribution in [-0.4, -0.2) is 47.2 Å². The Labute approximate surface area is 262 Å². The zero-order chi connectivity index (χ0) is 29.3. The summed E-state index contributed by atoms with van der Waals surface area (Å²) >= 11 is 13.3. The van der Waals surface area contributed by atoms with Crippen LogP contribution in [0.1, 0.15) is 162 Å². The Balaban J connectivity index is 1.14. The molecule has 0 saturated carbocycles. The lowest BCUT2D eigenvalue weighted by Gasteiger charge is -2.22. The molecule has 2 fully saturated rings. The van der Waals surface area contributed by atoms with Crippen LogP contribution in [0.3, 0.4) is 0 Å². The molecule has 4 nitrogen and oxygen atoms in total. The molecule has 6 heteroatoms. The molecular formula is C35H60Cl2O4. The molecule has 0 N–H and O–H groups in total. The van der Waals surface area contributed by atoms with Gasteiger partial charge in [0.1, 0.15) is 6.10 Å². The third-order valence-corrected chi connectivity index (χ3v) is 10.2. The molecular weight excluding hydrogens is 555 g/mol. The van der Waals surface area contributed by atoms with Crippen LogP contribution in [-0.2, 0) is 19.0 Å². The van der Waals surface area contributed by atoms with Crippen molar-refractivity contribution < 1.29 is 19.0 Å². The highest BCUT2D eigenvalue weighted by Crippen LogP contribution is 2.35. The first-order chi connectivity index (χ1) is 20.0. The van der Waals surface area contributed by atoms with Crippen LogP contribution in [0.5, 0.6) is 0 Å². The molecule has 0 radical (unpaired) electrons. The van der Waals surface area contributed by atoms with Gasteiger partial charge in [0.2, 0.25) is 0 Å². The largest absolute Gasteiger partial charge is 0.455 e. The Hall–Kier alpha value is -0.290. The molecule has 0 bridgehead atoms. The first-order valence-corrected chi connectivity index (χ1v) is 18.3. The number of hydrogen-bond acceptors (Lipinski definition) is 4. The van der Waals surface area contributed by atoms with E-state index in [9.17, 15) is 4.79 Å². The van der Waals surface area contributed by atoms with Crippen LogP contribution in [0, 0.1) is 0 Å². The van der Waals surface area contributed by atoms with Crippen LogP contribution in [0.15, 0.2) is 11.6 Å². The topological polar surface area (TPSA) is 44.8 Å². The molecule has 2 saturated heterocycles. The highest BCUT2D eigenvalue weighted by Gasteiger charge is 2.39. The number of rotatable bonds is 23. The average Bonchev–Trinajstić information content (AvgIpc) is 3.69. The molecule has 3 heterocycles. The number of alkyl halides is 2. The molecule has 0 aromatic carbocycles. The van der Waals surface area contributed by atoms with Crippen molar-refractivity contribution in [1.82, 2.24) is 0 Å². The first kappa shape index (κ1) is 35.2. The van der Waals surface area contributed by atoms with Gasteiger partial charge in [-0.15, -0.1) is 23.2 Å². The average molecular weight is 616 g/mol. The van der Waals surface area contributed by atoms with Gasteiger partial charge in [0.05, 0.1) is 29.8 Å². The number of halogens is 2. The van der Waals surface area contributed by atoms with Gasteiger partial charge in [-0.25, -0.2) is 4.79 Å². The maximum atomic E-state index is 11.8. The molecule has 7 atom stereocenters. The summed E-state index contributed by atoms with van der Waals surface area (Å²) in [5.74, 6) is -0.199. The Bertz CT molecular complexity index is 744. The Morgan fingerprint density at radius 2 is 1.34 bits per heavy atom. The third kappa shape index (κ3) is 13.9. The summed E-state index contributed by atoms with van der Waals surface area (Å²) in [4.78, 5) is 11.8. The van der Waals surface area contributed by atoms with Gasteiger partial charge < -0.3 is 14.2 Å². The summed E-state index contributed by atoms with van der Waals surface area (Å²) in [6, 6.07) is 0. The van der Waals surface area contributed by atoms with E-state index in [1.54, 1.807) is 0 Å². The van der Waals surface area contributed by atoms with Crippen LogP contribution in [0.25, 0.3) is 0 Å².